The van der Waals surface area contributed by atoms with E-state index in [-0.39, 0.29) is 12.1 Å². The summed E-state index contributed by atoms with van der Waals surface area (Å²) in [4.78, 5) is 0. The summed E-state index contributed by atoms with van der Waals surface area (Å²) < 4.78 is 10.5. The first-order chi connectivity index (χ1) is 8.22. The molecule has 0 saturated carbocycles. The number of ether oxygens (including phenoxy) is 2. The van der Waals surface area contributed by atoms with Gasteiger partial charge in [-0.15, -0.1) is 0 Å². The Balaban J connectivity index is 2.06. The van der Waals surface area contributed by atoms with E-state index in [1.165, 1.54) is 0 Å². The first-order valence-corrected chi connectivity index (χ1v) is 5.87. The van der Waals surface area contributed by atoms with Gasteiger partial charge in [-0.25, -0.2) is 0 Å². The molecule has 1 heterocycles. The molecule has 1 fully saturated rings. The Hall–Kier alpha value is -1.10. The highest BCUT2D eigenvalue weighted by Crippen LogP contribution is 2.25. The number of methoxy groups -OCH3 is 1. The summed E-state index contributed by atoms with van der Waals surface area (Å²) in [6.07, 6.45) is -0.424. The molecular weight excluding hydrogens is 218 g/mol. The number of aliphatic hydroxyl groups excluding tert-OH is 1. The number of hydrogen-bond acceptors (Lipinski definition) is 4. The van der Waals surface area contributed by atoms with Crippen LogP contribution in [0.4, 0.5) is 0 Å². The van der Waals surface area contributed by atoms with Gasteiger partial charge in [-0.3, -0.25) is 0 Å². The van der Waals surface area contributed by atoms with Gasteiger partial charge in [0.05, 0.1) is 32.5 Å². The summed E-state index contributed by atoms with van der Waals surface area (Å²) in [6, 6.07) is 8.01. The molecule has 0 bridgehead atoms. The molecule has 0 aromatic heterocycles. The molecule has 2 N–H and O–H groups in total. The molecule has 0 spiro atoms. The predicted molar refractivity (Wildman–Crippen MR) is 65.2 cm³/mol. The van der Waals surface area contributed by atoms with E-state index in [9.17, 15) is 5.11 Å². The summed E-state index contributed by atoms with van der Waals surface area (Å²) in [5.74, 6) is 0.862. The van der Waals surface area contributed by atoms with E-state index in [4.69, 9.17) is 9.47 Å². The monoisotopic (exact) mass is 237 g/mol. The lowest BCUT2D eigenvalue weighted by Crippen LogP contribution is -2.40. The Bertz CT molecular complexity index is 369. The topological polar surface area (TPSA) is 50.7 Å². The fraction of sp³-hybridized carbons (Fsp3) is 0.538. The van der Waals surface area contributed by atoms with Gasteiger partial charge in [0.1, 0.15) is 5.75 Å². The number of benzene rings is 1. The summed E-state index contributed by atoms with van der Waals surface area (Å²) in [5.41, 5.74) is 1.09. The highest BCUT2D eigenvalue weighted by molar-refractivity contribution is 5.35. The van der Waals surface area contributed by atoms with E-state index < -0.39 is 6.10 Å². The maximum Gasteiger partial charge on any atom is 0.123 e. The minimum Gasteiger partial charge on any atom is -0.496 e. The first-order valence-electron chi connectivity index (χ1n) is 5.87. The molecule has 17 heavy (non-hydrogen) atoms. The largest absolute Gasteiger partial charge is 0.496 e. The SMILES string of the molecule is COc1ccccc1[C@@H](C)NC1COCC1O. The van der Waals surface area contributed by atoms with Crippen LogP contribution in [0.2, 0.25) is 0 Å². The number of hydrogen-bond donors (Lipinski definition) is 2. The Morgan fingerprint density at radius 2 is 2.18 bits per heavy atom. The molecule has 1 aromatic carbocycles. The second-order valence-electron chi connectivity index (χ2n) is 4.34. The maximum absolute atomic E-state index is 9.69. The predicted octanol–water partition coefficient (Wildman–Crippen LogP) is 1.11. The van der Waals surface area contributed by atoms with Crippen LogP contribution in [0, 0.1) is 0 Å². The zero-order valence-electron chi connectivity index (χ0n) is 10.2. The molecule has 2 unspecified atom stereocenters. The highest BCUT2D eigenvalue weighted by Gasteiger charge is 2.27. The van der Waals surface area contributed by atoms with E-state index in [1.807, 2.05) is 24.3 Å². The molecule has 1 aliphatic heterocycles. The molecule has 1 saturated heterocycles. The number of rotatable bonds is 4. The van der Waals surface area contributed by atoms with Gasteiger partial charge in [-0.1, -0.05) is 18.2 Å². The average molecular weight is 237 g/mol. The summed E-state index contributed by atoms with van der Waals surface area (Å²) in [6.45, 7) is 3.03. The molecule has 0 radical (unpaired) electrons. The normalized spacial score (nSPS) is 25.8. The van der Waals surface area contributed by atoms with E-state index in [0.29, 0.717) is 13.2 Å². The number of para-hydroxylation sites is 1. The molecule has 1 aromatic rings. The third kappa shape index (κ3) is 2.77. The lowest BCUT2D eigenvalue weighted by molar-refractivity contribution is 0.121. The summed E-state index contributed by atoms with van der Waals surface area (Å²) in [5, 5.41) is 13.1. The van der Waals surface area contributed by atoms with E-state index >= 15 is 0 Å². The van der Waals surface area contributed by atoms with Crippen molar-refractivity contribution in [3.8, 4) is 5.75 Å². The zero-order valence-corrected chi connectivity index (χ0v) is 10.2. The molecule has 4 nitrogen and oxygen atoms in total. The van der Waals surface area contributed by atoms with Crippen LogP contribution in [0.1, 0.15) is 18.5 Å². The standard InChI is InChI=1S/C13H19NO3/c1-9(14-11-7-17-8-12(11)15)10-5-3-4-6-13(10)16-2/h3-6,9,11-12,14-15H,7-8H2,1-2H3/t9-,11?,12?/m1/s1. The smallest absolute Gasteiger partial charge is 0.123 e. The quantitative estimate of drug-likeness (QED) is 0.823. The molecule has 2 rings (SSSR count). The van der Waals surface area contributed by atoms with Gasteiger partial charge in [-0.05, 0) is 13.0 Å². The molecule has 1 aliphatic rings. The molecule has 3 atom stereocenters. The van der Waals surface area contributed by atoms with Crippen molar-refractivity contribution in [2.24, 2.45) is 0 Å². The second-order valence-corrected chi connectivity index (χ2v) is 4.34. The van der Waals surface area contributed by atoms with Crippen LogP contribution in [-0.4, -0.2) is 37.6 Å². The van der Waals surface area contributed by atoms with Gasteiger partial charge in [0.25, 0.3) is 0 Å². The van der Waals surface area contributed by atoms with Crippen LogP contribution in [0.5, 0.6) is 5.75 Å². The minimum absolute atomic E-state index is 0.00471. The van der Waals surface area contributed by atoms with E-state index in [2.05, 4.69) is 12.2 Å². The van der Waals surface area contributed by atoms with Gasteiger partial charge in [-0.2, -0.15) is 0 Å². The van der Waals surface area contributed by atoms with Crippen LogP contribution >= 0.6 is 0 Å². The van der Waals surface area contributed by atoms with Crippen LogP contribution in [0.15, 0.2) is 24.3 Å². The van der Waals surface area contributed by atoms with Crippen molar-refractivity contribution in [3.63, 3.8) is 0 Å². The van der Waals surface area contributed by atoms with Crippen molar-refractivity contribution >= 4 is 0 Å². The van der Waals surface area contributed by atoms with Crippen molar-refractivity contribution in [1.82, 2.24) is 5.32 Å². The van der Waals surface area contributed by atoms with Crippen LogP contribution in [-0.2, 0) is 4.74 Å². The van der Waals surface area contributed by atoms with Crippen molar-refractivity contribution in [3.05, 3.63) is 29.8 Å². The van der Waals surface area contributed by atoms with Crippen LogP contribution < -0.4 is 10.1 Å². The lowest BCUT2D eigenvalue weighted by Gasteiger charge is -2.22. The van der Waals surface area contributed by atoms with Crippen molar-refractivity contribution in [2.75, 3.05) is 20.3 Å². The fourth-order valence-electron chi connectivity index (χ4n) is 2.14. The zero-order chi connectivity index (χ0) is 12.3. The van der Waals surface area contributed by atoms with Crippen LogP contribution in [0.25, 0.3) is 0 Å². The Labute approximate surface area is 102 Å². The average Bonchev–Trinajstić information content (AvgIpc) is 2.75. The molecule has 94 valence electrons. The Kier molecular flexibility index (Phi) is 3.99. The summed E-state index contributed by atoms with van der Waals surface area (Å²) in [7, 11) is 1.67. The van der Waals surface area contributed by atoms with Gasteiger partial charge < -0.3 is 19.9 Å². The third-order valence-corrected chi connectivity index (χ3v) is 3.12. The minimum atomic E-state index is -0.424. The number of nitrogens with one attached hydrogen (secondary N) is 1. The van der Waals surface area contributed by atoms with E-state index in [1.54, 1.807) is 7.11 Å². The second kappa shape index (κ2) is 5.49. The highest BCUT2D eigenvalue weighted by atomic mass is 16.5. The van der Waals surface area contributed by atoms with Gasteiger partial charge in [0, 0.05) is 11.6 Å². The third-order valence-electron chi connectivity index (χ3n) is 3.12. The Morgan fingerprint density at radius 1 is 1.41 bits per heavy atom. The maximum atomic E-state index is 9.69. The van der Waals surface area contributed by atoms with Gasteiger partial charge >= 0.3 is 0 Å². The number of aliphatic hydroxyl groups is 1. The fourth-order valence-corrected chi connectivity index (χ4v) is 2.14. The van der Waals surface area contributed by atoms with Gasteiger partial charge in [0.2, 0.25) is 0 Å². The van der Waals surface area contributed by atoms with Crippen LogP contribution in [0.3, 0.4) is 0 Å². The van der Waals surface area contributed by atoms with Crippen molar-refractivity contribution in [2.45, 2.75) is 25.1 Å². The van der Waals surface area contributed by atoms with Crippen molar-refractivity contribution < 1.29 is 14.6 Å². The van der Waals surface area contributed by atoms with Crippen molar-refractivity contribution in [1.29, 1.82) is 0 Å². The molecular formula is C13H19NO3. The van der Waals surface area contributed by atoms with Gasteiger partial charge in [0.15, 0.2) is 0 Å². The summed E-state index contributed by atoms with van der Waals surface area (Å²) >= 11 is 0. The first kappa shape index (κ1) is 12.4. The lowest BCUT2D eigenvalue weighted by atomic mass is 10.1. The molecule has 0 amide bonds. The van der Waals surface area contributed by atoms with E-state index in [0.717, 1.165) is 11.3 Å². The Morgan fingerprint density at radius 3 is 2.82 bits per heavy atom. The molecule has 4 heteroatoms. The molecule has 0 aliphatic carbocycles.